The Labute approximate surface area is 455 Å². The quantitative estimate of drug-likeness (QED) is 0.0320. The Kier molecular flexibility index (Phi) is 61.0. The first kappa shape index (κ1) is 71.1. The van der Waals surface area contributed by atoms with Gasteiger partial charge in [-0.2, -0.15) is 0 Å². The van der Waals surface area contributed by atoms with E-state index in [0.29, 0.717) is 19.4 Å². The van der Waals surface area contributed by atoms with E-state index >= 15 is 0 Å². The lowest BCUT2D eigenvalue weighted by Gasteiger charge is -2.20. The lowest BCUT2D eigenvalue weighted by Crippen LogP contribution is -2.45. The zero-order chi connectivity index (χ0) is 52.9. The van der Waals surface area contributed by atoms with E-state index in [1.165, 1.54) is 283 Å². The van der Waals surface area contributed by atoms with E-state index in [9.17, 15) is 19.8 Å². The average Bonchev–Trinajstić information content (AvgIpc) is 3.39. The second-order valence-corrected chi connectivity index (χ2v) is 22.4. The van der Waals surface area contributed by atoms with Crippen molar-refractivity contribution < 1.29 is 24.5 Å². The average molecular weight is 1030 g/mol. The Morgan fingerprint density at radius 1 is 0.370 bits per heavy atom. The molecule has 0 spiro atoms. The van der Waals surface area contributed by atoms with Crippen molar-refractivity contribution in [1.82, 2.24) is 5.32 Å². The fraction of sp³-hybridized carbons (Fsp3) is 0.881. The number of hydrogen-bond donors (Lipinski definition) is 3. The number of carbonyl (C=O) groups excluding carboxylic acids is 2. The van der Waals surface area contributed by atoms with Crippen LogP contribution in [0.5, 0.6) is 0 Å². The van der Waals surface area contributed by atoms with E-state index in [-0.39, 0.29) is 18.5 Å². The fourth-order valence-corrected chi connectivity index (χ4v) is 10.1. The number of ether oxygens (including phenoxy) is 1. The van der Waals surface area contributed by atoms with Crippen LogP contribution in [0.15, 0.2) is 36.5 Å². The van der Waals surface area contributed by atoms with Crippen molar-refractivity contribution >= 4 is 11.9 Å². The van der Waals surface area contributed by atoms with Crippen LogP contribution in [0.2, 0.25) is 0 Å². The summed E-state index contributed by atoms with van der Waals surface area (Å²) in [5.74, 6) is -0.0582. The number of esters is 1. The van der Waals surface area contributed by atoms with Crippen LogP contribution in [-0.4, -0.2) is 47.4 Å². The van der Waals surface area contributed by atoms with Crippen molar-refractivity contribution in [2.75, 3.05) is 13.2 Å². The topological polar surface area (TPSA) is 95.9 Å². The summed E-state index contributed by atoms with van der Waals surface area (Å²) >= 11 is 0. The van der Waals surface area contributed by atoms with Crippen molar-refractivity contribution in [2.45, 2.75) is 366 Å². The molecule has 0 saturated heterocycles. The van der Waals surface area contributed by atoms with Crippen LogP contribution >= 0.6 is 0 Å². The zero-order valence-corrected chi connectivity index (χ0v) is 49.1. The van der Waals surface area contributed by atoms with Gasteiger partial charge in [-0.1, -0.05) is 294 Å². The van der Waals surface area contributed by atoms with Crippen molar-refractivity contribution in [3.63, 3.8) is 0 Å². The summed E-state index contributed by atoms with van der Waals surface area (Å²) in [6, 6.07) is -0.626. The molecule has 6 heteroatoms. The maximum Gasteiger partial charge on any atom is 0.305 e. The lowest BCUT2D eigenvalue weighted by atomic mass is 10.0. The first-order chi connectivity index (χ1) is 36.0. The minimum atomic E-state index is -0.842. The molecule has 0 heterocycles. The van der Waals surface area contributed by atoms with Crippen molar-refractivity contribution in [3.8, 4) is 0 Å². The molecule has 0 saturated carbocycles. The van der Waals surface area contributed by atoms with Crippen LogP contribution in [0.3, 0.4) is 0 Å². The van der Waals surface area contributed by atoms with E-state index in [1.54, 1.807) is 6.08 Å². The first-order valence-electron chi connectivity index (χ1n) is 32.8. The van der Waals surface area contributed by atoms with E-state index in [0.717, 1.165) is 44.9 Å². The smallest absolute Gasteiger partial charge is 0.305 e. The highest BCUT2D eigenvalue weighted by atomic mass is 16.5. The molecule has 0 rings (SSSR count). The van der Waals surface area contributed by atoms with Crippen molar-refractivity contribution in [3.05, 3.63) is 36.5 Å². The molecule has 1 amide bonds. The Morgan fingerprint density at radius 2 is 0.644 bits per heavy atom. The van der Waals surface area contributed by atoms with Crippen molar-refractivity contribution in [1.29, 1.82) is 0 Å². The molecule has 0 fully saturated rings. The molecule has 6 nitrogen and oxygen atoms in total. The Bertz CT molecular complexity index is 1180. The molecule has 73 heavy (non-hydrogen) atoms. The highest BCUT2D eigenvalue weighted by Crippen LogP contribution is 2.17. The number of carbonyl (C=O) groups is 2. The van der Waals surface area contributed by atoms with E-state index in [1.807, 2.05) is 6.08 Å². The van der Waals surface area contributed by atoms with Crippen LogP contribution in [-0.2, 0) is 14.3 Å². The number of allylic oxidation sites excluding steroid dienone is 5. The molecular formula is C67H127NO5. The zero-order valence-electron chi connectivity index (χ0n) is 49.1. The maximum absolute atomic E-state index is 12.5. The van der Waals surface area contributed by atoms with Gasteiger partial charge in [0, 0.05) is 12.8 Å². The summed E-state index contributed by atoms with van der Waals surface area (Å²) in [6.45, 7) is 4.90. The number of hydrogen-bond acceptors (Lipinski definition) is 5. The van der Waals surface area contributed by atoms with Crippen molar-refractivity contribution in [2.24, 2.45) is 0 Å². The summed E-state index contributed by atoms with van der Waals surface area (Å²) in [6.07, 6.45) is 79.2. The first-order valence-corrected chi connectivity index (χ1v) is 32.8. The van der Waals surface area contributed by atoms with Crippen LogP contribution in [0, 0.1) is 0 Å². The van der Waals surface area contributed by atoms with Gasteiger partial charge in [-0.25, -0.2) is 0 Å². The van der Waals surface area contributed by atoms with Crippen LogP contribution < -0.4 is 5.32 Å². The molecule has 0 aromatic carbocycles. The Balaban J connectivity index is 3.37. The third kappa shape index (κ3) is 59.2. The summed E-state index contributed by atoms with van der Waals surface area (Å²) < 4.78 is 5.48. The number of rotatable bonds is 61. The minimum absolute atomic E-state index is 0.00751. The molecule has 0 aromatic rings. The van der Waals surface area contributed by atoms with Crippen LogP contribution in [0.1, 0.15) is 354 Å². The molecule has 2 unspecified atom stereocenters. The molecule has 2 atom stereocenters. The molecule has 0 aliphatic heterocycles. The Morgan fingerprint density at radius 3 is 0.986 bits per heavy atom. The number of unbranched alkanes of at least 4 members (excludes halogenated alkanes) is 46. The molecule has 0 aromatic heterocycles. The van der Waals surface area contributed by atoms with Gasteiger partial charge in [-0.15, -0.1) is 0 Å². The van der Waals surface area contributed by atoms with E-state index in [4.69, 9.17) is 4.74 Å². The van der Waals surface area contributed by atoms with E-state index < -0.39 is 12.1 Å². The third-order valence-electron chi connectivity index (χ3n) is 15.1. The Hall–Kier alpha value is -1.92. The van der Waals surface area contributed by atoms with Crippen LogP contribution in [0.4, 0.5) is 0 Å². The highest BCUT2D eigenvalue weighted by Gasteiger charge is 2.18. The number of aliphatic hydroxyl groups excluding tert-OH is 2. The second-order valence-electron chi connectivity index (χ2n) is 22.4. The van der Waals surface area contributed by atoms with Gasteiger partial charge in [-0.05, 0) is 83.5 Å². The highest BCUT2D eigenvalue weighted by molar-refractivity contribution is 5.76. The molecule has 430 valence electrons. The van der Waals surface area contributed by atoms with Gasteiger partial charge >= 0.3 is 5.97 Å². The van der Waals surface area contributed by atoms with E-state index in [2.05, 4.69) is 43.5 Å². The molecule has 0 radical (unpaired) electrons. The van der Waals surface area contributed by atoms with Gasteiger partial charge in [0.25, 0.3) is 0 Å². The summed E-state index contributed by atoms with van der Waals surface area (Å²) in [4.78, 5) is 24.5. The molecule has 3 N–H and O–H groups in total. The van der Waals surface area contributed by atoms with Gasteiger partial charge in [0.15, 0.2) is 0 Å². The maximum atomic E-state index is 12.5. The largest absolute Gasteiger partial charge is 0.466 e. The van der Waals surface area contributed by atoms with Gasteiger partial charge in [0.05, 0.1) is 25.4 Å². The summed E-state index contributed by atoms with van der Waals surface area (Å²) in [7, 11) is 0. The number of nitrogens with one attached hydrogen (secondary N) is 1. The van der Waals surface area contributed by atoms with Gasteiger partial charge in [0.1, 0.15) is 0 Å². The second kappa shape index (κ2) is 62.6. The molecular weight excluding hydrogens is 899 g/mol. The monoisotopic (exact) mass is 1030 g/mol. The van der Waals surface area contributed by atoms with Gasteiger partial charge in [0.2, 0.25) is 5.91 Å². The number of aliphatic hydroxyl groups is 2. The lowest BCUT2D eigenvalue weighted by molar-refractivity contribution is -0.143. The normalized spacial score (nSPS) is 12.8. The summed E-state index contributed by atoms with van der Waals surface area (Å²) in [5, 5.41) is 23.1. The molecule has 0 bridgehead atoms. The predicted molar refractivity (Wildman–Crippen MR) is 319 cm³/mol. The molecule has 0 aliphatic rings. The fourth-order valence-electron chi connectivity index (χ4n) is 10.1. The van der Waals surface area contributed by atoms with Gasteiger partial charge < -0.3 is 20.3 Å². The summed E-state index contributed by atoms with van der Waals surface area (Å²) in [5.41, 5.74) is 0. The van der Waals surface area contributed by atoms with Crippen LogP contribution in [0.25, 0.3) is 0 Å². The number of amides is 1. The predicted octanol–water partition coefficient (Wildman–Crippen LogP) is 20.8. The minimum Gasteiger partial charge on any atom is -0.466 e. The standard InChI is InChI=1S/C67H127NO5/c1-3-5-7-9-11-13-15-35-39-43-47-51-55-59-65(70)64(63-69)68-66(71)60-56-52-48-44-40-37-33-31-29-27-25-23-21-19-17-18-20-22-24-26-28-30-32-34-38-42-46-50-54-58-62-73-67(72)61-57-53-49-45-41-36-16-14-12-10-8-6-4-2/h14,16,18,20,55,59,64-65,69-70H,3-13,15,17,19,21-54,56-58,60-63H2,1-2H3,(H,68,71)/b16-14-,20-18-,59-55+. The third-order valence-corrected chi connectivity index (χ3v) is 15.1. The SMILES string of the molecule is CCCCCC/C=C\CCCCCCCC(=O)OCCCCCCCCCCCCCC/C=C\CCCCCCCCCCCCCCCCC(=O)NC(CO)C(O)/C=C/CCCCCCCCCCCCC. The van der Waals surface area contributed by atoms with Gasteiger partial charge in [-0.3, -0.25) is 9.59 Å². The molecule has 0 aliphatic carbocycles.